The second kappa shape index (κ2) is 3.57. The van der Waals surface area contributed by atoms with Gasteiger partial charge in [0.05, 0.1) is 18.2 Å². The number of aromatic carboxylic acids is 1. The van der Waals surface area contributed by atoms with Gasteiger partial charge in [-0.1, -0.05) is 0 Å². The van der Waals surface area contributed by atoms with Crippen LogP contribution in [0.3, 0.4) is 0 Å². The zero-order chi connectivity index (χ0) is 10.7. The summed E-state index contributed by atoms with van der Waals surface area (Å²) < 4.78 is 0. The zero-order valence-electron chi connectivity index (χ0n) is 6.83. The van der Waals surface area contributed by atoms with Crippen molar-refractivity contribution in [2.24, 2.45) is 0 Å². The maximum Gasteiger partial charge on any atom is 0.343 e. The number of carboxylic acids is 1. The molecule has 0 saturated heterocycles. The normalized spacial score (nSPS) is 9.36. The van der Waals surface area contributed by atoms with Gasteiger partial charge in [-0.15, -0.1) is 0 Å². The largest absolute Gasteiger partial charge is 0.477 e. The van der Waals surface area contributed by atoms with Gasteiger partial charge in [0, 0.05) is 0 Å². The molecule has 0 aromatic carbocycles. The van der Waals surface area contributed by atoms with Crippen molar-refractivity contribution in [2.75, 3.05) is 0 Å². The van der Waals surface area contributed by atoms with Crippen LogP contribution in [0.5, 0.6) is 0 Å². The molecule has 3 N–H and O–H groups in total. The number of hydrogen-bond donors (Lipinski definition) is 3. The van der Waals surface area contributed by atoms with Crippen molar-refractivity contribution in [3.63, 3.8) is 0 Å². The molecule has 0 bridgehead atoms. The Bertz CT molecular complexity index is 519. The average molecular weight is 195 g/mol. The van der Waals surface area contributed by atoms with E-state index in [1.807, 2.05) is 0 Å². The van der Waals surface area contributed by atoms with Crippen molar-refractivity contribution in [3.05, 3.63) is 32.1 Å². The summed E-state index contributed by atoms with van der Waals surface area (Å²) in [5.74, 6) is -1.48. The zero-order valence-corrected chi connectivity index (χ0v) is 6.83. The Balaban J connectivity index is 3.54. The highest BCUT2D eigenvalue weighted by atomic mass is 16.4. The van der Waals surface area contributed by atoms with Gasteiger partial charge in [-0.05, 0) is 0 Å². The molecule has 7 heteroatoms. The van der Waals surface area contributed by atoms with Crippen LogP contribution in [-0.4, -0.2) is 21.0 Å². The van der Waals surface area contributed by atoms with Gasteiger partial charge >= 0.3 is 11.7 Å². The number of carbonyl (C=O) groups is 1. The van der Waals surface area contributed by atoms with E-state index in [0.717, 1.165) is 0 Å². The fourth-order valence-electron chi connectivity index (χ4n) is 0.971. The summed E-state index contributed by atoms with van der Waals surface area (Å²) in [6, 6.07) is 1.65. The van der Waals surface area contributed by atoms with Crippen LogP contribution in [0.2, 0.25) is 0 Å². The molecule has 1 aromatic rings. The molecule has 0 amide bonds. The van der Waals surface area contributed by atoms with E-state index in [-0.39, 0.29) is 12.1 Å². The SMILES string of the molecule is N#CCc1[nH]c(=O)[nH]c(=O)c1C(=O)O. The molecule has 0 unspecified atom stereocenters. The van der Waals surface area contributed by atoms with Crippen LogP contribution in [0.15, 0.2) is 9.59 Å². The Morgan fingerprint density at radius 1 is 1.43 bits per heavy atom. The number of H-pyrrole nitrogens is 2. The van der Waals surface area contributed by atoms with Gasteiger partial charge in [0.2, 0.25) is 0 Å². The molecule has 72 valence electrons. The molecule has 0 fully saturated rings. The Labute approximate surface area is 76.6 Å². The molecule has 1 aromatic heterocycles. The van der Waals surface area contributed by atoms with E-state index in [1.165, 1.54) is 0 Å². The fraction of sp³-hybridized carbons (Fsp3) is 0.143. The molecule has 0 atom stereocenters. The predicted molar refractivity (Wildman–Crippen MR) is 44.0 cm³/mol. The lowest BCUT2D eigenvalue weighted by Crippen LogP contribution is -2.30. The van der Waals surface area contributed by atoms with Crippen LogP contribution < -0.4 is 11.2 Å². The molecule has 1 rings (SSSR count). The molecule has 1 heterocycles. The summed E-state index contributed by atoms with van der Waals surface area (Å²) in [7, 11) is 0. The minimum atomic E-state index is -1.48. The molecule has 14 heavy (non-hydrogen) atoms. The number of nitrogens with one attached hydrogen (secondary N) is 2. The van der Waals surface area contributed by atoms with Crippen LogP contribution in [-0.2, 0) is 6.42 Å². The van der Waals surface area contributed by atoms with Gasteiger partial charge in [0.1, 0.15) is 5.56 Å². The molecule has 7 nitrogen and oxygen atoms in total. The lowest BCUT2D eigenvalue weighted by atomic mass is 10.2. The third kappa shape index (κ3) is 1.69. The van der Waals surface area contributed by atoms with Crippen molar-refractivity contribution < 1.29 is 9.90 Å². The van der Waals surface area contributed by atoms with E-state index in [4.69, 9.17) is 10.4 Å². The summed E-state index contributed by atoms with van der Waals surface area (Å²) in [6.45, 7) is 0. The summed E-state index contributed by atoms with van der Waals surface area (Å²) in [5.41, 5.74) is -2.63. The number of nitrogens with zero attached hydrogens (tertiary/aromatic N) is 1. The summed E-state index contributed by atoms with van der Waals surface area (Å²) in [4.78, 5) is 36.2. The summed E-state index contributed by atoms with van der Waals surface area (Å²) in [5, 5.41) is 16.9. The van der Waals surface area contributed by atoms with Crippen LogP contribution in [0, 0.1) is 11.3 Å². The van der Waals surface area contributed by atoms with E-state index < -0.39 is 22.8 Å². The predicted octanol–water partition coefficient (Wildman–Crippen LogP) is -1.17. The number of carboxylic acid groups (broad SMARTS) is 1. The van der Waals surface area contributed by atoms with Crippen LogP contribution in [0.25, 0.3) is 0 Å². The quantitative estimate of drug-likeness (QED) is 0.547. The fourth-order valence-corrected chi connectivity index (χ4v) is 0.971. The number of aromatic amines is 2. The Morgan fingerprint density at radius 2 is 2.07 bits per heavy atom. The van der Waals surface area contributed by atoms with E-state index in [9.17, 15) is 14.4 Å². The first-order valence-electron chi connectivity index (χ1n) is 3.52. The van der Waals surface area contributed by atoms with E-state index in [1.54, 1.807) is 11.1 Å². The molecular formula is C7H5N3O4. The van der Waals surface area contributed by atoms with Crippen molar-refractivity contribution in [3.8, 4) is 6.07 Å². The van der Waals surface area contributed by atoms with Gasteiger partial charge < -0.3 is 10.1 Å². The first kappa shape index (κ1) is 9.73. The van der Waals surface area contributed by atoms with Crippen molar-refractivity contribution in [2.45, 2.75) is 6.42 Å². The number of nitriles is 1. The van der Waals surface area contributed by atoms with Gasteiger partial charge in [0.15, 0.2) is 0 Å². The first-order chi connectivity index (χ1) is 6.56. The number of aromatic nitrogens is 2. The minimum absolute atomic E-state index is 0.186. The highest BCUT2D eigenvalue weighted by Gasteiger charge is 2.15. The summed E-state index contributed by atoms with van der Waals surface area (Å²) in [6.07, 6.45) is -0.333. The Morgan fingerprint density at radius 3 is 2.57 bits per heavy atom. The highest BCUT2D eigenvalue weighted by molar-refractivity contribution is 5.88. The summed E-state index contributed by atoms with van der Waals surface area (Å²) >= 11 is 0. The second-order valence-electron chi connectivity index (χ2n) is 2.40. The maximum absolute atomic E-state index is 11.0. The molecule has 0 aliphatic carbocycles. The standard InChI is InChI=1S/C7H5N3O4/c8-2-1-3-4(6(12)13)5(11)10-7(14)9-3/h1H2,(H,12,13)(H2,9,10,11,14). The lowest BCUT2D eigenvalue weighted by molar-refractivity contribution is 0.0693. The maximum atomic E-state index is 11.0. The average Bonchev–Trinajstić information content (AvgIpc) is 2.01. The number of hydrogen-bond acceptors (Lipinski definition) is 4. The van der Waals surface area contributed by atoms with Crippen molar-refractivity contribution in [1.29, 1.82) is 5.26 Å². The Kier molecular flexibility index (Phi) is 2.48. The Hall–Kier alpha value is -2.36. The van der Waals surface area contributed by atoms with Crippen LogP contribution in [0.1, 0.15) is 16.1 Å². The minimum Gasteiger partial charge on any atom is -0.477 e. The monoisotopic (exact) mass is 195 g/mol. The van der Waals surface area contributed by atoms with Gasteiger partial charge in [-0.25, -0.2) is 9.59 Å². The van der Waals surface area contributed by atoms with Crippen LogP contribution in [0.4, 0.5) is 0 Å². The molecular weight excluding hydrogens is 190 g/mol. The van der Waals surface area contributed by atoms with E-state index >= 15 is 0 Å². The van der Waals surface area contributed by atoms with E-state index in [2.05, 4.69) is 4.98 Å². The van der Waals surface area contributed by atoms with Crippen molar-refractivity contribution >= 4 is 5.97 Å². The van der Waals surface area contributed by atoms with Gasteiger partial charge in [0.25, 0.3) is 5.56 Å². The second-order valence-corrected chi connectivity index (χ2v) is 2.40. The topological polar surface area (TPSA) is 127 Å². The van der Waals surface area contributed by atoms with Crippen molar-refractivity contribution in [1.82, 2.24) is 9.97 Å². The molecule has 0 radical (unpaired) electrons. The highest BCUT2D eigenvalue weighted by Crippen LogP contribution is 1.97. The molecule has 0 aliphatic heterocycles. The molecule has 0 spiro atoms. The molecule has 0 saturated carbocycles. The lowest BCUT2D eigenvalue weighted by Gasteiger charge is -1.98. The number of rotatable bonds is 2. The van der Waals surface area contributed by atoms with Gasteiger partial charge in [-0.3, -0.25) is 9.78 Å². The van der Waals surface area contributed by atoms with Crippen LogP contribution >= 0.6 is 0 Å². The van der Waals surface area contributed by atoms with Gasteiger partial charge in [-0.2, -0.15) is 5.26 Å². The third-order valence-corrected chi connectivity index (χ3v) is 1.49. The third-order valence-electron chi connectivity index (χ3n) is 1.49. The molecule has 0 aliphatic rings. The smallest absolute Gasteiger partial charge is 0.343 e. The first-order valence-corrected chi connectivity index (χ1v) is 3.52. The van der Waals surface area contributed by atoms with E-state index in [0.29, 0.717) is 0 Å².